The number of carbonyl (C=O) groups excluding carboxylic acids is 1. The van der Waals surface area contributed by atoms with E-state index in [0.717, 1.165) is 0 Å². The van der Waals surface area contributed by atoms with Crippen molar-refractivity contribution in [2.75, 3.05) is 6.61 Å². The second-order valence-electron chi connectivity index (χ2n) is 7.74. The number of ketones is 1. The molecule has 1 N–H and O–H groups in total. The van der Waals surface area contributed by atoms with Crippen molar-refractivity contribution in [1.29, 1.82) is 0 Å². The SMILES string of the molecule is C/C=C/[C@H](O)[C@H](C)C(=O)[C@@H](C)CO[Si](C(C)C)(C(C)C)C(C)C. The van der Waals surface area contributed by atoms with Crippen molar-refractivity contribution < 1.29 is 14.3 Å². The van der Waals surface area contributed by atoms with Crippen LogP contribution in [0.25, 0.3) is 0 Å². The lowest BCUT2D eigenvalue weighted by molar-refractivity contribution is -0.129. The maximum absolute atomic E-state index is 12.5. The summed E-state index contributed by atoms with van der Waals surface area (Å²) in [5, 5.41) is 9.99. The van der Waals surface area contributed by atoms with E-state index in [-0.39, 0.29) is 11.7 Å². The first-order valence-corrected chi connectivity index (χ1v) is 11.1. The summed E-state index contributed by atoms with van der Waals surface area (Å²) in [5.41, 5.74) is 1.53. The number of allylic oxidation sites excluding steroid dienone is 1. The van der Waals surface area contributed by atoms with E-state index >= 15 is 0 Å². The van der Waals surface area contributed by atoms with Gasteiger partial charge >= 0.3 is 0 Å². The third-order valence-corrected chi connectivity index (χ3v) is 11.2. The second kappa shape index (κ2) is 9.75. The summed E-state index contributed by atoms with van der Waals surface area (Å²) in [6.45, 7) is 19.5. The molecular formula is C19H38O3Si. The van der Waals surface area contributed by atoms with Crippen molar-refractivity contribution in [2.24, 2.45) is 11.8 Å². The van der Waals surface area contributed by atoms with Gasteiger partial charge in [0.15, 0.2) is 8.32 Å². The summed E-state index contributed by atoms with van der Waals surface area (Å²) >= 11 is 0. The molecule has 3 nitrogen and oxygen atoms in total. The summed E-state index contributed by atoms with van der Waals surface area (Å²) in [5.74, 6) is -0.499. The Morgan fingerprint density at radius 2 is 1.43 bits per heavy atom. The zero-order chi connectivity index (χ0) is 18.4. The number of Topliss-reactive ketones (excluding diaryl/α,β-unsaturated/α-hetero) is 1. The van der Waals surface area contributed by atoms with Crippen LogP contribution in [0.1, 0.15) is 62.3 Å². The van der Waals surface area contributed by atoms with Gasteiger partial charge in [-0.3, -0.25) is 4.79 Å². The molecule has 0 spiro atoms. The molecule has 0 aliphatic heterocycles. The molecule has 0 aromatic heterocycles. The van der Waals surface area contributed by atoms with Crippen LogP contribution < -0.4 is 0 Å². The van der Waals surface area contributed by atoms with Gasteiger partial charge in [0.25, 0.3) is 0 Å². The van der Waals surface area contributed by atoms with Crippen molar-refractivity contribution >= 4 is 14.1 Å². The third-order valence-electron chi connectivity index (χ3n) is 5.13. The molecule has 0 aromatic rings. The predicted octanol–water partition coefficient (Wildman–Crippen LogP) is 4.96. The van der Waals surface area contributed by atoms with E-state index < -0.39 is 20.3 Å². The molecule has 0 aliphatic carbocycles. The van der Waals surface area contributed by atoms with Gasteiger partial charge in [0, 0.05) is 18.4 Å². The molecule has 23 heavy (non-hydrogen) atoms. The Morgan fingerprint density at radius 3 is 1.78 bits per heavy atom. The van der Waals surface area contributed by atoms with Crippen LogP contribution in [0.15, 0.2) is 12.2 Å². The van der Waals surface area contributed by atoms with Gasteiger partial charge in [-0.05, 0) is 23.5 Å². The van der Waals surface area contributed by atoms with E-state index in [2.05, 4.69) is 41.5 Å². The molecule has 0 saturated heterocycles. The second-order valence-corrected chi connectivity index (χ2v) is 13.2. The lowest BCUT2D eigenvalue weighted by atomic mass is 9.91. The van der Waals surface area contributed by atoms with Crippen molar-refractivity contribution in [3.8, 4) is 0 Å². The molecule has 0 aromatic carbocycles. The topological polar surface area (TPSA) is 46.5 Å². The lowest BCUT2D eigenvalue weighted by Crippen LogP contribution is -2.49. The minimum absolute atomic E-state index is 0.0785. The number of aliphatic hydroxyl groups is 1. The molecule has 0 bridgehead atoms. The zero-order valence-corrected chi connectivity index (χ0v) is 17.6. The molecule has 0 rings (SSSR count). The number of hydrogen-bond donors (Lipinski definition) is 1. The summed E-state index contributed by atoms with van der Waals surface area (Å²) in [4.78, 5) is 12.5. The van der Waals surface area contributed by atoms with Crippen LogP contribution in [0.4, 0.5) is 0 Å². The molecule has 0 heterocycles. The first kappa shape index (κ1) is 22.5. The van der Waals surface area contributed by atoms with E-state index in [1.165, 1.54) is 0 Å². The lowest BCUT2D eigenvalue weighted by Gasteiger charge is -2.42. The molecule has 0 radical (unpaired) electrons. The summed E-state index contributed by atoms with van der Waals surface area (Å²) in [6.07, 6.45) is 2.74. The first-order valence-electron chi connectivity index (χ1n) is 9.00. The van der Waals surface area contributed by atoms with Crippen LogP contribution in [0.2, 0.25) is 16.6 Å². The Labute approximate surface area is 144 Å². The minimum Gasteiger partial charge on any atom is -0.415 e. The molecule has 0 aliphatic rings. The van der Waals surface area contributed by atoms with Crippen LogP contribution in [0, 0.1) is 11.8 Å². The van der Waals surface area contributed by atoms with Crippen molar-refractivity contribution in [2.45, 2.75) is 85.0 Å². The number of rotatable bonds is 10. The van der Waals surface area contributed by atoms with Crippen molar-refractivity contribution in [1.82, 2.24) is 0 Å². The number of aliphatic hydroxyl groups excluding tert-OH is 1. The average Bonchev–Trinajstić information content (AvgIpc) is 2.45. The predicted molar refractivity (Wildman–Crippen MR) is 101 cm³/mol. The standard InChI is InChI=1S/C19H38O3Si/c1-10-11-18(20)17(9)19(21)16(8)12-22-23(13(2)3,14(4)5)15(6)7/h10-11,13-18,20H,12H2,1-9H3/b11-10+/t16-,17-,18-/m0/s1. The molecule has 136 valence electrons. The van der Waals surface area contributed by atoms with E-state index in [4.69, 9.17) is 4.43 Å². The Hall–Kier alpha value is -0.453. The molecule has 3 atom stereocenters. The highest BCUT2D eigenvalue weighted by molar-refractivity contribution is 6.77. The van der Waals surface area contributed by atoms with Gasteiger partial charge < -0.3 is 9.53 Å². The minimum atomic E-state index is -1.94. The Morgan fingerprint density at radius 1 is 1.00 bits per heavy atom. The molecule has 0 unspecified atom stereocenters. The van der Waals surface area contributed by atoms with E-state index in [0.29, 0.717) is 23.2 Å². The highest BCUT2D eigenvalue weighted by Crippen LogP contribution is 2.42. The number of carbonyl (C=O) groups is 1. The molecule has 4 heteroatoms. The van der Waals surface area contributed by atoms with E-state index in [1.807, 2.05) is 13.8 Å². The fourth-order valence-corrected chi connectivity index (χ4v) is 9.37. The van der Waals surface area contributed by atoms with Crippen LogP contribution in [0.3, 0.4) is 0 Å². The molecule has 0 fully saturated rings. The highest BCUT2D eigenvalue weighted by Gasteiger charge is 2.45. The molecule has 0 saturated carbocycles. The van der Waals surface area contributed by atoms with E-state index in [1.54, 1.807) is 19.1 Å². The summed E-state index contributed by atoms with van der Waals surface area (Å²) in [7, 11) is -1.94. The Balaban J connectivity index is 5.01. The van der Waals surface area contributed by atoms with Crippen LogP contribution in [-0.2, 0) is 9.22 Å². The zero-order valence-electron chi connectivity index (χ0n) is 16.6. The van der Waals surface area contributed by atoms with Gasteiger partial charge in [0.05, 0.1) is 6.10 Å². The van der Waals surface area contributed by atoms with Gasteiger partial charge in [-0.1, -0.05) is 67.5 Å². The van der Waals surface area contributed by atoms with Gasteiger partial charge in [0.1, 0.15) is 5.78 Å². The molecular weight excluding hydrogens is 304 g/mol. The van der Waals surface area contributed by atoms with Crippen LogP contribution >= 0.6 is 0 Å². The van der Waals surface area contributed by atoms with Crippen molar-refractivity contribution in [3.63, 3.8) is 0 Å². The Kier molecular flexibility index (Phi) is 9.56. The van der Waals surface area contributed by atoms with Gasteiger partial charge in [-0.2, -0.15) is 0 Å². The monoisotopic (exact) mass is 342 g/mol. The fraction of sp³-hybridized carbons (Fsp3) is 0.842. The largest absolute Gasteiger partial charge is 0.415 e. The summed E-state index contributed by atoms with van der Waals surface area (Å²) < 4.78 is 6.51. The highest BCUT2D eigenvalue weighted by atomic mass is 28.4. The smallest absolute Gasteiger partial charge is 0.200 e. The van der Waals surface area contributed by atoms with Gasteiger partial charge in [-0.15, -0.1) is 0 Å². The van der Waals surface area contributed by atoms with Crippen molar-refractivity contribution in [3.05, 3.63) is 12.2 Å². The maximum atomic E-state index is 12.5. The van der Waals surface area contributed by atoms with Crippen LogP contribution in [0.5, 0.6) is 0 Å². The average molecular weight is 343 g/mol. The quantitative estimate of drug-likeness (QED) is 0.451. The third kappa shape index (κ3) is 5.54. The van der Waals surface area contributed by atoms with E-state index in [9.17, 15) is 9.90 Å². The fourth-order valence-electron chi connectivity index (χ4n) is 3.83. The maximum Gasteiger partial charge on any atom is 0.200 e. The van der Waals surface area contributed by atoms with Gasteiger partial charge in [0.2, 0.25) is 0 Å². The normalized spacial score (nSPS) is 17.3. The summed E-state index contributed by atoms with van der Waals surface area (Å²) in [6, 6.07) is 0. The Bertz CT molecular complexity index is 366. The number of hydrogen-bond acceptors (Lipinski definition) is 3. The van der Waals surface area contributed by atoms with Gasteiger partial charge in [-0.25, -0.2) is 0 Å². The van der Waals surface area contributed by atoms with Crippen LogP contribution in [-0.4, -0.2) is 31.9 Å². The molecule has 0 amide bonds. The first-order chi connectivity index (χ1) is 10.5.